The van der Waals surface area contributed by atoms with E-state index in [0.29, 0.717) is 24.7 Å². The van der Waals surface area contributed by atoms with Crippen LogP contribution in [0.3, 0.4) is 0 Å². The Kier molecular flexibility index (Phi) is 5.44. The van der Waals surface area contributed by atoms with E-state index in [9.17, 15) is 4.79 Å². The maximum absolute atomic E-state index is 11.6. The molecular formula is C11H19ClN4O. The highest BCUT2D eigenvalue weighted by Gasteiger charge is 2.26. The third kappa shape index (κ3) is 4.02. The standard InChI is InChI=1S/C11H18N4O.ClH/c12-5-1-2-6-13-11(16)10-7-9(14-15-10)8-3-4-8;/h7-8H,1-6,12H2,(H,13,16)(H,14,15);1H. The van der Waals surface area contributed by atoms with Gasteiger partial charge in [-0.3, -0.25) is 9.89 Å². The van der Waals surface area contributed by atoms with Crippen molar-refractivity contribution in [2.24, 2.45) is 5.73 Å². The molecule has 17 heavy (non-hydrogen) atoms. The molecular weight excluding hydrogens is 240 g/mol. The summed E-state index contributed by atoms with van der Waals surface area (Å²) in [7, 11) is 0. The number of hydrogen-bond donors (Lipinski definition) is 3. The monoisotopic (exact) mass is 258 g/mol. The molecule has 1 aliphatic carbocycles. The van der Waals surface area contributed by atoms with E-state index in [1.54, 1.807) is 0 Å². The second-order valence-electron chi connectivity index (χ2n) is 4.23. The van der Waals surface area contributed by atoms with Gasteiger partial charge in [0.15, 0.2) is 0 Å². The molecule has 0 aliphatic heterocycles. The average molecular weight is 259 g/mol. The van der Waals surface area contributed by atoms with E-state index in [2.05, 4.69) is 15.5 Å². The number of H-pyrrole nitrogens is 1. The van der Waals surface area contributed by atoms with Gasteiger partial charge in [0.2, 0.25) is 0 Å². The minimum absolute atomic E-state index is 0. The first-order chi connectivity index (χ1) is 7.81. The molecule has 1 heterocycles. The predicted molar refractivity (Wildman–Crippen MR) is 68.4 cm³/mol. The normalized spacial score (nSPS) is 14.2. The molecule has 0 radical (unpaired) electrons. The van der Waals surface area contributed by atoms with Crippen LogP contribution >= 0.6 is 12.4 Å². The van der Waals surface area contributed by atoms with Crippen molar-refractivity contribution in [3.8, 4) is 0 Å². The summed E-state index contributed by atoms with van der Waals surface area (Å²) < 4.78 is 0. The highest BCUT2D eigenvalue weighted by atomic mass is 35.5. The van der Waals surface area contributed by atoms with Gasteiger partial charge in [0.05, 0.1) is 0 Å². The molecule has 6 heteroatoms. The fourth-order valence-electron chi connectivity index (χ4n) is 1.62. The number of unbranched alkanes of at least 4 members (excludes halogenated alkanes) is 1. The summed E-state index contributed by atoms with van der Waals surface area (Å²) in [5.41, 5.74) is 6.95. The van der Waals surface area contributed by atoms with Crippen LogP contribution in [0.1, 0.15) is 47.8 Å². The second-order valence-corrected chi connectivity index (χ2v) is 4.23. The van der Waals surface area contributed by atoms with Gasteiger partial charge in [-0.2, -0.15) is 5.10 Å². The number of nitrogens with zero attached hydrogens (tertiary/aromatic N) is 1. The molecule has 0 aromatic carbocycles. The Labute approximate surface area is 107 Å². The van der Waals surface area contributed by atoms with Crippen molar-refractivity contribution < 1.29 is 4.79 Å². The molecule has 0 atom stereocenters. The van der Waals surface area contributed by atoms with Crippen LogP contribution in [0, 0.1) is 0 Å². The highest BCUT2D eigenvalue weighted by Crippen LogP contribution is 2.38. The Hall–Kier alpha value is -1.07. The Morgan fingerprint density at radius 2 is 2.29 bits per heavy atom. The van der Waals surface area contributed by atoms with E-state index < -0.39 is 0 Å². The molecule has 0 bridgehead atoms. The van der Waals surface area contributed by atoms with Crippen LogP contribution in [0.25, 0.3) is 0 Å². The summed E-state index contributed by atoms with van der Waals surface area (Å²) in [5, 5.41) is 9.76. The van der Waals surface area contributed by atoms with Gasteiger partial charge in [0.25, 0.3) is 5.91 Å². The number of halogens is 1. The zero-order valence-corrected chi connectivity index (χ0v) is 10.6. The largest absolute Gasteiger partial charge is 0.351 e. The van der Waals surface area contributed by atoms with Gasteiger partial charge in [-0.1, -0.05) is 0 Å². The molecule has 1 fully saturated rings. The SMILES string of the molecule is Cl.NCCCCNC(=O)c1cc(C2CC2)[nH]n1. The van der Waals surface area contributed by atoms with E-state index in [1.165, 1.54) is 12.8 Å². The van der Waals surface area contributed by atoms with Crippen molar-refractivity contribution >= 4 is 18.3 Å². The van der Waals surface area contributed by atoms with Crippen molar-refractivity contribution in [3.63, 3.8) is 0 Å². The van der Waals surface area contributed by atoms with Crippen molar-refractivity contribution in [2.45, 2.75) is 31.6 Å². The van der Waals surface area contributed by atoms with E-state index in [-0.39, 0.29) is 18.3 Å². The number of carbonyl (C=O) groups is 1. The number of nitrogens with one attached hydrogen (secondary N) is 2. The quantitative estimate of drug-likeness (QED) is 0.670. The molecule has 1 aromatic rings. The maximum Gasteiger partial charge on any atom is 0.271 e. The molecule has 0 spiro atoms. The third-order valence-corrected chi connectivity index (χ3v) is 2.76. The van der Waals surface area contributed by atoms with Gasteiger partial charge in [-0.05, 0) is 38.3 Å². The summed E-state index contributed by atoms with van der Waals surface area (Å²) >= 11 is 0. The maximum atomic E-state index is 11.6. The Bertz CT molecular complexity index is 362. The van der Waals surface area contributed by atoms with Crippen LogP contribution in [0.15, 0.2) is 6.07 Å². The zero-order valence-electron chi connectivity index (χ0n) is 9.74. The molecule has 0 saturated heterocycles. The summed E-state index contributed by atoms with van der Waals surface area (Å²) in [6, 6.07) is 1.86. The first-order valence-electron chi connectivity index (χ1n) is 5.85. The number of carbonyl (C=O) groups excluding carboxylic acids is 1. The van der Waals surface area contributed by atoms with Gasteiger partial charge in [-0.25, -0.2) is 0 Å². The van der Waals surface area contributed by atoms with Crippen LogP contribution in [-0.4, -0.2) is 29.2 Å². The summed E-state index contributed by atoms with van der Waals surface area (Å²) in [6.45, 7) is 1.34. The lowest BCUT2D eigenvalue weighted by atomic mass is 10.2. The number of rotatable bonds is 6. The van der Waals surface area contributed by atoms with Crippen LogP contribution in [0.5, 0.6) is 0 Å². The molecule has 1 saturated carbocycles. The number of hydrogen-bond acceptors (Lipinski definition) is 3. The van der Waals surface area contributed by atoms with Crippen molar-refractivity contribution in [1.82, 2.24) is 15.5 Å². The topological polar surface area (TPSA) is 83.8 Å². The minimum atomic E-state index is -0.0971. The lowest BCUT2D eigenvalue weighted by Gasteiger charge is -2.01. The number of aromatic amines is 1. The van der Waals surface area contributed by atoms with Crippen molar-refractivity contribution in [1.29, 1.82) is 0 Å². The predicted octanol–water partition coefficient (Wildman–Crippen LogP) is 1.18. The molecule has 2 rings (SSSR count). The highest BCUT2D eigenvalue weighted by molar-refractivity contribution is 5.92. The van der Waals surface area contributed by atoms with Crippen LogP contribution in [0.4, 0.5) is 0 Å². The van der Waals surface area contributed by atoms with Gasteiger partial charge < -0.3 is 11.1 Å². The number of amides is 1. The number of nitrogens with two attached hydrogens (primary N) is 1. The molecule has 1 amide bonds. The lowest BCUT2D eigenvalue weighted by Crippen LogP contribution is -2.25. The van der Waals surface area contributed by atoms with Gasteiger partial charge in [0.1, 0.15) is 5.69 Å². The third-order valence-electron chi connectivity index (χ3n) is 2.76. The Morgan fingerprint density at radius 1 is 1.53 bits per heavy atom. The zero-order chi connectivity index (χ0) is 11.4. The summed E-state index contributed by atoms with van der Waals surface area (Å²) in [4.78, 5) is 11.6. The summed E-state index contributed by atoms with van der Waals surface area (Å²) in [5.74, 6) is 0.506. The molecule has 4 N–H and O–H groups in total. The number of aromatic nitrogens is 2. The van der Waals surface area contributed by atoms with Crippen LogP contribution in [-0.2, 0) is 0 Å². The summed E-state index contributed by atoms with van der Waals surface area (Å²) in [6.07, 6.45) is 4.27. The fraction of sp³-hybridized carbons (Fsp3) is 0.636. The van der Waals surface area contributed by atoms with E-state index in [4.69, 9.17) is 5.73 Å². The van der Waals surface area contributed by atoms with Gasteiger partial charge in [0, 0.05) is 18.2 Å². The second kappa shape index (κ2) is 6.61. The van der Waals surface area contributed by atoms with Gasteiger partial charge >= 0.3 is 0 Å². The van der Waals surface area contributed by atoms with E-state index >= 15 is 0 Å². The average Bonchev–Trinajstić information content (AvgIpc) is 3.02. The van der Waals surface area contributed by atoms with Crippen molar-refractivity contribution in [3.05, 3.63) is 17.5 Å². The smallest absolute Gasteiger partial charge is 0.271 e. The molecule has 1 aliphatic rings. The lowest BCUT2D eigenvalue weighted by molar-refractivity contribution is 0.0948. The van der Waals surface area contributed by atoms with E-state index in [1.807, 2.05) is 6.07 Å². The first-order valence-corrected chi connectivity index (χ1v) is 5.85. The van der Waals surface area contributed by atoms with Crippen molar-refractivity contribution in [2.75, 3.05) is 13.1 Å². The fourth-order valence-corrected chi connectivity index (χ4v) is 1.62. The Balaban J connectivity index is 0.00000144. The van der Waals surface area contributed by atoms with Crippen LogP contribution < -0.4 is 11.1 Å². The molecule has 5 nitrogen and oxygen atoms in total. The molecule has 1 aromatic heterocycles. The molecule has 0 unspecified atom stereocenters. The van der Waals surface area contributed by atoms with Gasteiger partial charge in [-0.15, -0.1) is 12.4 Å². The van der Waals surface area contributed by atoms with E-state index in [0.717, 1.165) is 18.5 Å². The minimum Gasteiger partial charge on any atom is -0.351 e. The van der Waals surface area contributed by atoms with Crippen LogP contribution in [0.2, 0.25) is 0 Å². The Morgan fingerprint density at radius 3 is 2.94 bits per heavy atom. The first kappa shape index (κ1) is 14.0. The molecule has 96 valence electrons.